The van der Waals surface area contributed by atoms with Crippen molar-refractivity contribution in [1.82, 2.24) is 15.1 Å². The Balaban J connectivity index is 1.91. The fraction of sp³-hybridized carbons (Fsp3) is 0.308. The van der Waals surface area contributed by atoms with Crippen LogP contribution in [0.5, 0.6) is 0 Å². The molecule has 0 atom stereocenters. The zero-order valence-corrected chi connectivity index (χ0v) is 11.7. The van der Waals surface area contributed by atoms with E-state index < -0.39 is 0 Å². The van der Waals surface area contributed by atoms with E-state index in [0.29, 0.717) is 0 Å². The molecule has 0 aliphatic carbocycles. The van der Waals surface area contributed by atoms with Crippen molar-refractivity contribution in [2.45, 2.75) is 20.0 Å². The van der Waals surface area contributed by atoms with Crippen molar-refractivity contribution in [2.75, 3.05) is 0 Å². The monoisotopic (exact) mass is 293 g/mol. The molecule has 1 heterocycles. The summed E-state index contributed by atoms with van der Waals surface area (Å²) in [5.74, 6) is 0. The van der Waals surface area contributed by atoms with Gasteiger partial charge in [-0.2, -0.15) is 5.10 Å². The summed E-state index contributed by atoms with van der Waals surface area (Å²) in [4.78, 5) is 0. The first-order valence-electron chi connectivity index (χ1n) is 5.58. The van der Waals surface area contributed by atoms with Crippen molar-refractivity contribution in [1.29, 1.82) is 0 Å². The predicted molar refractivity (Wildman–Crippen MR) is 72.6 cm³/mol. The molecule has 90 valence electrons. The van der Waals surface area contributed by atoms with E-state index in [0.717, 1.165) is 17.6 Å². The zero-order valence-electron chi connectivity index (χ0n) is 10.1. The lowest BCUT2D eigenvalue weighted by atomic mass is 10.1. The van der Waals surface area contributed by atoms with E-state index in [1.807, 2.05) is 24.1 Å². The third kappa shape index (κ3) is 3.41. The minimum atomic E-state index is 0.847. The highest BCUT2D eigenvalue weighted by atomic mass is 79.9. The summed E-state index contributed by atoms with van der Waals surface area (Å²) in [7, 11) is 1.93. The lowest BCUT2D eigenvalue weighted by Gasteiger charge is -2.07. The molecular formula is C13H16BrN3. The maximum absolute atomic E-state index is 4.14. The Morgan fingerprint density at radius 2 is 2.18 bits per heavy atom. The van der Waals surface area contributed by atoms with Gasteiger partial charge in [0.15, 0.2) is 0 Å². The Hall–Kier alpha value is -1.13. The fourth-order valence-corrected chi connectivity index (χ4v) is 2.14. The van der Waals surface area contributed by atoms with Gasteiger partial charge in [0.1, 0.15) is 0 Å². The minimum absolute atomic E-state index is 0.847. The number of hydrogen-bond acceptors (Lipinski definition) is 2. The van der Waals surface area contributed by atoms with Gasteiger partial charge in [0.05, 0.1) is 6.20 Å². The van der Waals surface area contributed by atoms with Crippen molar-refractivity contribution in [3.8, 4) is 0 Å². The quantitative estimate of drug-likeness (QED) is 0.939. The molecule has 0 unspecified atom stereocenters. The topological polar surface area (TPSA) is 29.9 Å². The number of nitrogens with one attached hydrogen (secondary N) is 1. The number of nitrogens with zero attached hydrogens (tertiary/aromatic N) is 2. The second-order valence-electron chi connectivity index (χ2n) is 4.20. The number of rotatable bonds is 4. The molecule has 0 fully saturated rings. The standard InChI is InChI=1S/C13H16BrN3/c1-10-3-4-13(14)5-12(10)8-15-6-11-7-16-17(2)9-11/h3-5,7,9,15H,6,8H2,1-2H3. The van der Waals surface area contributed by atoms with Crippen molar-refractivity contribution >= 4 is 15.9 Å². The maximum Gasteiger partial charge on any atom is 0.0534 e. The van der Waals surface area contributed by atoms with Gasteiger partial charge in [-0.05, 0) is 30.2 Å². The molecule has 0 saturated carbocycles. The summed E-state index contributed by atoms with van der Waals surface area (Å²) < 4.78 is 2.95. The molecule has 1 aromatic carbocycles. The lowest BCUT2D eigenvalue weighted by molar-refractivity contribution is 0.689. The van der Waals surface area contributed by atoms with Crippen LogP contribution in [0, 0.1) is 6.92 Å². The van der Waals surface area contributed by atoms with Crippen molar-refractivity contribution in [3.63, 3.8) is 0 Å². The van der Waals surface area contributed by atoms with Crippen molar-refractivity contribution in [2.24, 2.45) is 7.05 Å². The first kappa shape index (κ1) is 12.3. The van der Waals surface area contributed by atoms with Crippen LogP contribution in [0.2, 0.25) is 0 Å². The summed E-state index contributed by atoms with van der Waals surface area (Å²) >= 11 is 3.50. The molecule has 3 nitrogen and oxygen atoms in total. The van der Waals surface area contributed by atoms with Crippen LogP contribution < -0.4 is 5.32 Å². The Morgan fingerprint density at radius 3 is 2.88 bits per heavy atom. The third-order valence-electron chi connectivity index (χ3n) is 2.71. The second kappa shape index (κ2) is 5.47. The van der Waals surface area contributed by atoms with E-state index in [4.69, 9.17) is 0 Å². The highest BCUT2D eigenvalue weighted by Crippen LogP contribution is 2.15. The summed E-state index contributed by atoms with van der Waals surface area (Å²) in [6.45, 7) is 3.85. The molecule has 17 heavy (non-hydrogen) atoms. The minimum Gasteiger partial charge on any atom is -0.308 e. The molecule has 2 rings (SSSR count). The van der Waals surface area contributed by atoms with Crippen LogP contribution in [0.15, 0.2) is 35.1 Å². The summed E-state index contributed by atoms with van der Waals surface area (Å²) in [5.41, 5.74) is 3.84. The van der Waals surface area contributed by atoms with Gasteiger partial charge in [0.2, 0.25) is 0 Å². The fourth-order valence-electron chi connectivity index (χ4n) is 1.74. The van der Waals surface area contributed by atoms with Crippen LogP contribution in [-0.2, 0) is 20.1 Å². The Labute approximate surface area is 110 Å². The van der Waals surface area contributed by atoms with Gasteiger partial charge >= 0.3 is 0 Å². The first-order valence-corrected chi connectivity index (χ1v) is 6.38. The third-order valence-corrected chi connectivity index (χ3v) is 3.21. The number of hydrogen-bond donors (Lipinski definition) is 1. The molecule has 0 saturated heterocycles. The van der Waals surface area contributed by atoms with E-state index >= 15 is 0 Å². The van der Waals surface area contributed by atoms with Gasteiger partial charge in [-0.25, -0.2) is 0 Å². The largest absolute Gasteiger partial charge is 0.308 e. The Bertz CT molecular complexity index is 505. The first-order chi connectivity index (χ1) is 8.15. The molecule has 1 N–H and O–H groups in total. The summed E-state index contributed by atoms with van der Waals surface area (Å²) in [5, 5.41) is 7.57. The van der Waals surface area contributed by atoms with Crippen LogP contribution in [0.4, 0.5) is 0 Å². The van der Waals surface area contributed by atoms with Crippen LogP contribution in [0.3, 0.4) is 0 Å². The molecule has 4 heteroatoms. The van der Waals surface area contributed by atoms with Crippen molar-refractivity contribution < 1.29 is 0 Å². The molecular weight excluding hydrogens is 278 g/mol. The number of halogens is 1. The van der Waals surface area contributed by atoms with Gasteiger partial charge in [-0.1, -0.05) is 22.0 Å². The lowest BCUT2D eigenvalue weighted by Crippen LogP contribution is -2.13. The highest BCUT2D eigenvalue weighted by Gasteiger charge is 2.00. The molecule has 0 radical (unpaired) electrons. The van der Waals surface area contributed by atoms with E-state index in [1.165, 1.54) is 16.7 Å². The maximum atomic E-state index is 4.14. The van der Waals surface area contributed by atoms with Crippen molar-refractivity contribution in [3.05, 3.63) is 51.8 Å². The molecule has 1 aromatic heterocycles. The molecule has 0 bridgehead atoms. The molecule has 0 spiro atoms. The smallest absolute Gasteiger partial charge is 0.0534 e. The number of aromatic nitrogens is 2. The average Bonchev–Trinajstić information content (AvgIpc) is 2.69. The van der Waals surface area contributed by atoms with Crippen LogP contribution in [0.25, 0.3) is 0 Å². The van der Waals surface area contributed by atoms with Gasteiger partial charge < -0.3 is 5.32 Å². The SMILES string of the molecule is Cc1ccc(Br)cc1CNCc1cnn(C)c1. The van der Waals surface area contributed by atoms with E-state index in [2.05, 4.69) is 51.5 Å². The molecule has 2 aromatic rings. The van der Waals surface area contributed by atoms with E-state index in [9.17, 15) is 0 Å². The van der Waals surface area contributed by atoms with Crippen LogP contribution >= 0.6 is 15.9 Å². The molecule has 0 aliphatic rings. The molecule has 0 aliphatic heterocycles. The van der Waals surface area contributed by atoms with Gasteiger partial charge in [-0.3, -0.25) is 4.68 Å². The predicted octanol–water partition coefficient (Wildman–Crippen LogP) is 2.78. The van der Waals surface area contributed by atoms with E-state index in [-0.39, 0.29) is 0 Å². The summed E-state index contributed by atoms with van der Waals surface area (Å²) in [6, 6.07) is 6.36. The normalized spacial score (nSPS) is 10.8. The number of aryl methyl sites for hydroxylation is 2. The second-order valence-corrected chi connectivity index (χ2v) is 5.11. The van der Waals surface area contributed by atoms with Crippen LogP contribution in [-0.4, -0.2) is 9.78 Å². The Kier molecular flexibility index (Phi) is 3.97. The summed E-state index contributed by atoms with van der Waals surface area (Å²) in [6.07, 6.45) is 3.92. The van der Waals surface area contributed by atoms with E-state index in [1.54, 1.807) is 0 Å². The van der Waals surface area contributed by atoms with Crippen LogP contribution in [0.1, 0.15) is 16.7 Å². The number of benzene rings is 1. The van der Waals surface area contributed by atoms with Gasteiger partial charge in [-0.15, -0.1) is 0 Å². The molecule has 0 amide bonds. The van der Waals surface area contributed by atoms with Gasteiger partial charge in [0.25, 0.3) is 0 Å². The Morgan fingerprint density at radius 1 is 1.35 bits per heavy atom. The highest BCUT2D eigenvalue weighted by molar-refractivity contribution is 9.10. The zero-order chi connectivity index (χ0) is 12.3. The average molecular weight is 294 g/mol. The van der Waals surface area contributed by atoms with Gasteiger partial charge in [0, 0.05) is 36.4 Å².